The van der Waals surface area contributed by atoms with E-state index in [1.54, 1.807) is 84.9 Å². The van der Waals surface area contributed by atoms with E-state index in [1.165, 1.54) is 0 Å². The molecule has 4 aromatic rings. The smallest absolute Gasteiger partial charge is 0.266 e. The van der Waals surface area contributed by atoms with Gasteiger partial charge in [0.05, 0.1) is 28.7 Å². The van der Waals surface area contributed by atoms with Crippen LogP contribution in [0.15, 0.2) is 89.3 Å². The largest absolute Gasteiger partial charge is 0.434 e. The number of nitrogens with zero attached hydrogens (tertiary/aromatic N) is 1. The summed E-state index contributed by atoms with van der Waals surface area (Å²) in [5.74, 6) is -3.72. The molecule has 9 nitrogen and oxygen atoms in total. The molecular weight excluding hydrogens is 564 g/mol. The number of sulfone groups is 1. The average molecular weight is 597 g/mol. The fraction of sp³-hybridized carbons (Fsp3) is 0.300. The molecule has 0 bridgehead atoms. The fourth-order valence-corrected chi connectivity index (χ4v) is 8.03. The first-order chi connectivity index (χ1) is 19.7. The predicted octanol–water partition coefficient (Wildman–Crippen LogP) is 4.36. The van der Waals surface area contributed by atoms with E-state index in [2.05, 4.69) is 10.3 Å². The first-order valence-corrected chi connectivity index (χ1v) is 16.2. The van der Waals surface area contributed by atoms with Crippen molar-refractivity contribution >= 4 is 43.7 Å². The summed E-state index contributed by atoms with van der Waals surface area (Å²) in [6, 6.07) is 23.1. The first-order valence-electron chi connectivity index (χ1n) is 13.2. The van der Waals surface area contributed by atoms with Gasteiger partial charge in [0.15, 0.2) is 26.5 Å². The fourth-order valence-electron chi connectivity index (χ4n) is 4.75. The molecule has 0 aliphatic heterocycles. The third kappa shape index (κ3) is 7.96. The SMILES string of the molecule is CCCC(NC(=O)C(Cc1ccccc1)C(CS(=O)O)S(=O)(=O)Cc1ccccc1)C(=O)c1nc2ccccc2o1. The van der Waals surface area contributed by atoms with Crippen LogP contribution >= 0.6 is 0 Å². The summed E-state index contributed by atoms with van der Waals surface area (Å²) in [6.45, 7) is 1.85. The number of para-hydroxylation sites is 2. The lowest BCUT2D eigenvalue weighted by Gasteiger charge is -2.27. The van der Waals surface area contributed by atoms with Crippen molar-refractivity contribution in [1.29, 1.82) is 0 Å². The normalized spacial score (nSPS) is 14.7. The molecule has 0 saturated carbocycles. The summed E-state index contributed by atoms with van der Waals surface area (Å²) in [5.41, 5.74) is 2.09. The Morgan fingerprint density at radius 3 is 2.17 bits per heavy atom. The van der Waals surface area contributed by atoms with Crippen LogP contribution < -0.4 is 5.32 Å². The molecule has 216 valence electrons. The van der Waals surface area contributed by atoms with Crippen LogP contribution in [-0.2, 0) is 37.9 Å². The summed E-state index contributed by atoms with van der Waals surface area (Å²) in [5, 5.41) is 1.25. The number of Topliss-reactive ketones (excluding diaryl/α,β-unsaturated/α-hetero) is 1. The van der Waals surface area contributed by atoms with E-state index in [9.17, 15) is 26.8 Å². The second kappa shape index (κ2) is 13.8. The minimum Gasteiger partial charge on any atom is -0.434 e. The van der Waals surface area contributed by atoms with E-state index >= 15 is 0 Å². The molecule has 0 saturated heterocycles. The molecule has 3 aromatic carbocycles. The number of benzene rings is 3. The van der Waals surface area contributed by atoms with Crippen molar-refractivity contribution in [2.45, 2.75) is 43.2 Å². The van der Waals surface area contributed by atoms with Gasteiger partial charge in [-0.2, -0.15) is 0 Å². The van der Waals surface area contributed by atoms with Gasteiger partial charge in [0, 0.05) is 0 Å². The Kier molecular flexibility index (Phi) is 10.2. The quantitative estimate of drug-likeness (QED) is 0.161. The third-order valence-electron chi connectivity index (χ3n) is 6.78. The molecular formula is C30H32N2O7S2. The second-order valence-corrected chi connectivity index (χ2v) is 13.0. The van der Waals surface area contributed by atoms with Crippen molar-refractivity contribution in [3.8, 4) is 0 Å². The second-order valence-electron chi connectivity index (χ2n) is 9.82. The molecule has 1 aromatic heterocycles. The molecule has 41 heavy (non-hydrogen) atoms. The van der Waals surface area contributed by atoms with Gasteiger partial charge in [-0.05, 0) is 36.1 Å². The van der Waals surface area contributed by atoms with Crippen molar-refractivity contribution in [2.75, 3.05) is 5.75 Å². The Morgan fingerprint density at radius 2 is 1.56 bits per heavy atom. The zero-order chi connectivity index (χ0) is 29.4. The Morgan fingerprint density at radius 1 is 0.951 bits per heavy atom. The standard InChI is InChI=1S/C30H32N2O7S2/c1-2-11-25(28(33)30-32-24-16-9-10-17-26(24)39-30)31-29(34)23(18-21-12-5-3-6-13-21)27(19-40(35)36)41(37,38)20-22-14-7-4-8-15-22/h3-10,12-17,23,25,27H,2,11,18-20H2,1H3,(H,31,34)(H,35,36). The predicted molar refractivity (Wildman–Crippen MR) is 157 cm³/mol. The zero-order valence-corrected chi connectivity index (χ0v) is 24.1. The van der Waals surface area contributed by atoms with Crippen LogP contribution in [0.3, 0.4) is 0 Å². The van der Waals surface area contributed by atoms with Crippen LogP contribution in [0.5, 0.6) is 0 Å². The number of nitrogens with one attached hydrogen (secondary N) is 1. The van der Waals surface area contributed by atoms with E-state index in [-0.39, 0.29) is 18.7 Å². The van der Waals surface area contributed by atoms with Gasteiger partial charge in [0.25, 0.3) is 5.89 Å². The molecule has 4 rings (SSSR count). The van der Waals surface area contributed by atoms with Crippen LogP contribution in [0.1, 0.15) is 41.6 Å². The molecule has 0 fully saturated rings. The molecule has 0 radical (unpaired) electrons. The highest BCUT2D eigenvalue weighted by Gasteiger charge is 2.40. The molecule has 11 heteroatoms. The van der Waals surface area contributed by atoms with Gasteiger partial charge in [-0.15, -0.1) is 0 Å². The third-order valence-corrected chi connectivity index (χ3v) is 9.79. The highest BCUT2D eigenvalue weighted by atomic mass is 32.2. The Balaban J connectivity index is 1.68. The number of hydrogen-bond donors (Lipinski definition) is 2. The molecule has 1 heterocycles. The summed E-state index contributed by atoms with van der Waals surface area (Å²) < 4.78 is 54.9. The number of ketones is 1. The van der Waals surface area contributed by atoms with E-state index in [4.69, 9.17) is 4.42 Å². The van der Waals surface area contributed by atoms with Crippen LogP contribution in [0.2, 0.25) is 0 Å². The maximum absolute atomic E-state index is 13.9. The lowest BCUT2D eigenvalue weighted by atomic mass is 9.94. The van der Waals surface area contributed by atoms with Crippen molar-refractivity contribution in [3.05, 3.63) is 102 Å². The van der Waals surface area contributed by atoms with Crippen molar-refractivity contribution in [2.24, 2.45) is 5.92 Å². The number of oxazole rings is 1. The van der Waals surface area contributed by atoms with E-state index < -0.39 is 61.3 Å². The Labute approximate surface area is 241 Å². The number of hydrogen-bond acceptors (Lipinski definition) is 7. The zero-order valence-electron chi connectivity index (χ0n) is 22.5. The summed E-state index contributed by atoms with van der Waals surface area (Å²) in [7, 11) is -4.10. The number of fused-ring (bicyclic) bond motifs is 1. The number of aromatic nitrogens is 1. The molecule has 2 N–H and O–H groups in total. The minimum absolute atomic E-state index is 0.0154. The van der Waals surface area contributed by atoms with Gasteiger partial charge < -0.3 is 14.3 Å². The number of amides is 1. The van der Waals surface area contributed by atoms with Gasteiger partial charge in [0.2, 0.25) is 11.7 Å². The van der Waals surface area contributed by atoms with Gasteiger partial charge in [-0.1, -0.05) is 86.1 Å². The topological polar surface area (TPSA) is 144 Å². The van der Waals surface area contributed by atoms with Gasteiger partial charge >= 0.3 is 0 Å². The molecule has 4 atom stereocenters. The summed E-state index contributed by atoms with van der Waals surface area (Å²) in [4.78, 5) is 31.6. The average Bonchev–Trinajstić information content (AvgIpc) is 3.39. The molecule has 0 spiro atoms. The summed E-state index contributed by atoms with van der Waals surface area (Å²) in [6.07, 6.45) is 0.782. The maximum atomic E-state index is 13.9. The van der Waals surface area contributed by atoms with E-state index in [0.29, 0.717) is 28.6 Å². The highest BCUT2D eigenvalue weighted by molar-refractivity contribution is 7.92. The molecule has 1 amide bonds. The Hall–Kier alpha value is -3.67. The highest BCUT2D eigenvalue weighted by Crippen LogP contribution is 2.25. The lowest BCUT2D eigenvalue weighted by Crippen LogP contribution is -2.50. The van der Waals surface area contributed by atoms with Gasteiger partial charge in [-0.3, -0.25) is 9.59 Å². The number of carbonyl (C=O) groups excluding carboxylic acids is 2. The van der Waals surface area contributed by atoms with E-state index in [1.807, 2.05) is 6.92 Å². The van der Waals surface area contributed by atoms with Crippen molar-refractivity contribution in [3.63, 3.8) is 0 Å². The van der Waals surface area contributed by atoms with Gasteiger partial charge in [0.1, 0.15) is 5.52 Å². The van der Waals surface area contributed by atoms with Crippen LogP contribution in [0.25, 0.3) is 11.1 Å². The molecule has 0 aliphatic rings. The lowest BCUT2D eigenvalue weighted by molar-refractivity contribution is -0.125. The monoisotopic (exact) mass is 596 g/mol. The van der Waals surface area contributed by atoms with Gasteiger partial charge in [-0.25, -0.2) is 17.6 Å². The first kappa shape index (κ1) is 30.3. The van der Waals surface area contributed by atoms with Crippen LogP contribution in [-0.4, -0.2) is 50.9 Å². The van der Waals surface area contributed by atoms with E-state index in [0.717, 1.165) is 0 Å². The number of carbonyl (C=O) groups is 2. The number of rotatable bonds is 14. The maximum Gasteiger partial charge on any atom is 0.266 e. The van der Waals surface area contributed by atoms with Crippen LogP contribution in [0, 0.1) is 5.92 Å². The molecule has 4 unspecified atom stereocenters. The van der Waals surface area contributed by atoms with Crippen molar-refractivity contribution in [1.82, 2.24) is 10.3 Å². The minimum atomic E-state index is -4.10. The summed E-state index contributed by atoms with van der Waals surface area (Å²) >= 11 is -2.51. The molecule has 0 aliphatic carbocycles. The Bertz CT molecular complexity index is 1570. The van der Waals surface area contributed by atoms with Crippen molar-refractivity contribution < 1.29 is 31.2 Å². The van der Waals surface area contributed by atoms with Crippen LogP contribution in [0.4, 0.5) is 0 Å².